The van der Waals surface area contributed by atoms with Gasteiger partial charge < -0.3 is 10.6 Å². The van der Waals surface area contributed by atoms with E-state index < -0.39 is 5.41 Å². The summed E-state index contributed by atoms with van der Waals surface area (Å²) >= 11 is 0. The molecular weight excluding hydrogens is 400 g/mol. The van der Waals surface area contributed by atoms with Crippen LogP contribution in [0.5, 0.6) is 0 Å². The number of carbonyl (C=O) groups excluding carboxylic acids is 2. The van der Waals surface area contributed by atoms with Crippen molar-refractivity contribution in [2.24, 2.45) is 5.73 Å². The number of nitriles is 1. The van der Waals surface area contributed by atoms with Crippen LogP contribution in [0.2, 0.25) is 0 Å². The van der Waals surface area contributed by atoms with Crippen LogP contribution in [0.4, 0.5) is 11.4 Å². The Bertz CT molecular complexity index is 1290. The van der Waals surface area contributed by atoms with Gasteiger partial charge in [-0.2, -0.15) is 5.26 Å². The molecule has 0 radical (unpaired) electrons. The van der Waals surface area contributed by atoms with Crippen LogP contribution in [-0.4, -0.2) is 18.7 Å². The molecule has 32 heavy (non-hydrogen) atoms. The number of likely N-dealkylation sites (N-methyl/N-ethyl adjacent to an activating group) is 1. The highest BCUT2D eigenvalue weighted by Crippen LogP contribution is 2.56. The van der Waals surface area contributed by atoms with Gasteiger partial charge in [-0.15, -0.1) is 0 Å². The fourth-order valence-corrected chi connectivity index (χ4v) is 5.61. The first-order chi connectivity index (χ1) is 15.3. The lowest BCUT2D eigenvalue weighted by Gasteiger charge is -2.43. The Labute approximate surface area is 187 Å². The molecule has 1 aliphatic carbocycles. The predicted molar refractivity (Wildman–Crippen MR) is 123 cm³/mol. The normalized spacial score (nSPS) is 22.4. The number of benzene rings is 2. The molecule has 2 N–H and O–H groups in total. The summed E-state index contributed by atoms with van der Waals surface area (Å²) in [6.45, 7) is 4.00. The maximum atomic E-state index is 13.9. The topological polar surface area (TPSA) is 90.4 Å². The molecule has 0 unspecified atom stereocenters. The van der Waals surface area contributed by atoms with Gasteiger partial charge >= 0.3 is 0 Å². The minimum Gasteiger partial charge on any atom is -0.384 e. The quantitative estimate of drug-likeness (QED) is 0.753. The van der Waals surface area contributed by atoms with Crippen molar-refractivity contribution in [1.82, 2.24) is 0 Å². The largest absolute Gasteiger partial charge is 0.384 e. The summed E-state index contributed by atoms with van der Waals surface area (Å²) in [5.74, 6) is -0.190. The number of ketones is 1. The molecule has 1 amide bonds. The van der Waals surface area contributed by atoms with Crippen LogP contribution in [0.1, 0.15) is 36.0 Å². The van der Waals surface area contributed by atoms with Gasteiger partial charge in [0.15, 0.2) is 5.78 Å². The molecule has 2 aliphatic heterocycles. The van der Waals surface area contributed by atoms with Crippen LogP contribution in [-0.2, 0) is 15.0 Å². The maximum Gasteiger partial charge on any atom is 0.247 e. The van der Waals surface area contributed by atoms with Gasteiger partial charge in [-0.3, -0.25) is 14.5 Å². The molecule has 2 aromatic rings. The smallest absolute Gasteiger partial charge is 0.247 e. The van der Waals surface area contributed by atoms with E-state index in [-0.39, 0.29) is 23.1 Å². The third kappa shape index (κ3) is 2.39. The monoisotopic (exact) mass is 424 g/mol. The van der Waals surface area contributed by atoms with E-state index in [4.69, 9.17) is 5.73 Å². The number of anilines is 2. The maximum absolute atomic E-state index is 13.9. The van der Waals surface area contributed by atoms with Crippen LogP contribution >= 0.6 is 0 Å². The van der Waals surface area contributed by atoms with Crippen LogP contribution < -0.4 is 15.5 Å². The molecular formula is C26H24N4O2. The molecule has 1 spiro atoms. The Morgan fingerprint density at radius 3 is 2.44 bits per heavy atom. The summed E-state index contributed by atoms with van der Waals surface area (Å²) in [5, 5.41) is 10.3. The van der Waals surface area contributed by atoms with Crippen molar-refractivity contribution in [2.75, 3.05) is 16.8 Å². The Morgan fingerprint density at radius 2 is 1.75 bits per heavy atom. The standard InChI is InChI=1S/C26H24N4O2/c1-15-11-16(2)13-17(12-15)30-21-9-6-10-22(31)23(21)26(19(14-27)24(30)28)18-7-4-5-8-20(18)29(3)25(26)32/h4-5,7-8,11-13H,6,9-10,28H2,1-3H3/t26-/m0/s1. The fraction of sp³-hybridized carbons (Fsp3) is 0.269. The average Bonchev–Trinajstić information content (AvgIpc) is 2.96. The lowest BCUT2D eigenvalue weighted by Crippen LogP contribution is -2.52. The molecule has 3 aliphatic rings. The number of para-hydroxylation sites is 1. The fourth-order valence-electron chi connectivity index (χ4n) is 5.61. The molecule has 2 aromatic carbocycles. The molecule has 0 bridgehead atoms. The molecule has 6 nitrogen and oxygen atoms in total. The lowest BCUT2D eigenvalue weighted by molar-refractivity contribution is -0.124. The van der Waals surface area contributed by atoms with Crippen molar-refractivity contribution in [2.45, 2.75) is 38.5 Å². The van der Waals surface area contributed by atoms with Gasteiger partial charge in [-0.05, 0) is 56.0 Å². The summed E-state index contributed by atoms with van der Waals surface area (Å²) < 4.78 is 0. The highest BCUT2D eigenvalue weighted by atomic mass is 16.2. The van der Waals surface area contributed by atoms with Crippen LogP contribution in [0, 0.1) is 25.2 Å². The van der Waals surface area contributed by atoms with Gasteiger partial charge in [-0.25, -0.2) is 0 Å². The second-order valence-corrected chi connectivity index (χ2v) is 8.78. The number of aryl methyl sites for hydroxylation is 2. The number of allylic oxidation sites excluding steroid dienone is 1. The zero-order valence-electron chi connectivity index (χ0n) is 18.4. The van der Waals surface area contributed by atoms with Gasteiger partial charge in [-0.1, -0.05) is 24.3 Å². The number of hydrogen-bond acceptors (Lipinski definition) is 5. The summed E-state index contributed by atoms with van der Waals surface area (Å²) in [7, 11) is 1.69. The second kappa shape index (κ2) is 6.83. The Hall–Kier alpha value is -3.85. The second-order valence-electron chi connectivity index (χ2n) is 8.78. The highest BCUT2D eigenvalue weighted by Gasteiger charge is 2.61. The van der Waals surface area contributed by atoms with Crippen molar-refractivity contribution in [3.05, 3.63) is 81.8 Å². The first-order valence-electron chi connectivity index (χ1n) is 10.8. The number of carbonyl (C=O) groups is 2. The average molecular weight is 425 g/mol. The predicted octanol–water partition coefficient (Wildman–Crippen LogP) is 3.74. The van der Waals surface area contributed by atoms with E-state index in [1.165, 1.54) is 0 Å². The first kappa shape index (κ1) is 20.1. The van der Waals surface area contributed by atoms with Gasteiger partial charge in [0.2, 0.25) is 5.91 Å². The van der Waals surface area contributed by atoms with E-state index in [1.807, 2.05) is 55.1 Å². The summed E-state index contributed by atoms with van der Waals surface area (Å²) in [4.78, 5) is 30.8. The van der Waals surface area contributed by atoms with E-state index in [2.05, 4.69) is 12.1 Å². The summed E-state index contributed by atoms with van der Waals surface area (Å²) in [6, 6.07) is 15.7. The number of amides is 1. The molecule has 5 rings (SSSR count). The van der Waals surface area contributed by atoms with Gasteiger partial charge in [0.05, 0.1) is 5.57 Å². The molecule has 0 fully saturated rings. The van der Waals surface area contributed by atoms with E-state index in [9.17, 15) is 14.9 Å². The van der Waals surface area contributed by atoms with Crippen LogP contribution in [0.3, 0.4) is 0 Å². The van der Waals surface area contributed by atoms with Crippen molar-refractivity contribution < 1.29 is 9.59 Å². The molecule has 1 atom stereocenters. The zero-order valence-corrected chi connectivity index (χ0v) is 18.4. The summed E-state index contributed by atoms with van der Waals surface area (Å²) in [5.41, 5.74) is 10.7. The van der Waals surface area contributed by atoms with Crippen molar-refractivity contribution in [1.29, 1.82) is 5.26 Å². The van der Waals surface area contributed by atoms with Crippen LogP contribution in [0.15, 0.2) is 65.1 Å². The van der Waals surface area contributed by atoms with Crippen molar-refractivity contribution in [3.8, 4) is 6.07 Å². The molecule has 0 aromatic heterocycles. The Morgan fingerprint density at radius 1 is 1.06 bits per heavy atom. The molecule has 2 heterocycles. The number of nitrogens with zero attached hydrogens (tertiary/aromatic N) is 3. The van der Waals surface area contributed by atoms with Crippen molar-refractivity contribution in [3.63, 3.8) is 0 Å². The van der Waals surface area contributed by atoms with Crippen LogP contribution in [0.25, 0.3) is 0 Å². The molecule has 6 heteroatoms. The third-order valence-electron chi connectivity index (χ3n) is 6.77. The number of Topliss-reactive ketones (excluding diaryl/α,β-unsaturated/α-hetero) is 1. The number of nitrogens with two attached hydrogens (primary N) is 1. The Balaban J connectivity index is 1.90. The lowest BCUT2D eigenvalue weighted by atomic mass is 9.64. The van der Waals surface area contributed by atoms with E-state index in [1.54, 1.807) is 11.9 Å². The number of fused-ring (bicyclic) bond motifs is 3. The minimum atomic E-state index is -1.49. The number of hydrogen-bond donors (Lipinski definition) is 1. The molecule has 160 valence electrons. The summed E-state index contributed by atoms with van der Waals surface area (Å²) in [6.07, 6.45) is 1.63. The molecule has 0 saturated heterocycles. The van der Waals surface area contributed by atoms with E-state index in [0.717, 1.165) is 22.5 Å². The third-order valence-corrected chi connectivity index (χ3v) is 6.77. The number of rotatable bonds is 1. The molecule has 0 saturated carbocycles. The van der Waals surface area contributed by atoms with E-state index in [0.29, 0.717) is 36.1 Å². The zero-order chi connectivity index (χ0) is 22.8. The van der Waals surface area contributed by atoms with Gasteiger partial charge in [0.25, 0.3) is 0 Å². The van der Waals surface area contributed by atoms with Gasteiger partial charge in [0, 0.05) is 41.7 Å². The van der Waals surface area contributed by atoms with E-state index >= 15 is 0 Å². The van der Waals surface area contributed by atoms with Gasteiger partial charge in [0.1, 0.15) is 17.3 Å². The first-order valence-corrected chi connectivity index (χ1v) is 10.8. The SMILES string of the molecule is Cc1cc(C)cc(N2C(N)=C(C#N)[C@]3(C(=O)N(C)c4ccccc43)C3=C2CCCC3=O)c1. The van der Waals surface area contributed by atoms with Crippen molar-refractivity contribution >= 4 is 23.1 Å². The highest BCUT2D eigenvalue weighted by molar-refractivity contribution is 6.20. The minimum absolute atomic E-state index is 0.0978. The Kier molecular flexibility index (Phi) is 4.28.